The van der Waals surface area contributed by atoms with E-state index in [1.54, 1.807) is 7.11 Å². The maximum atomic E-state index is 6.55. The van der Waals surface area contributed by atoms with Gasteiger partial charge >= 0.3 is 0 Å². The monoisotopic (exact) mass is 292 g/mol. The van der Waals surface area contributed by atoms with E-state index in [9.17, 15) is 0 Å². The second-order valence-corrected chi connectivity index (χ2v) is 5.64. The van der Waals surface area contributed by atoms with Gasteiger partial charge in [-0.2, -0.15) is 0 Å². The molecular formula is C17H28N2O2. The molecule has 4 heteroatoms. The van der Waals surface area contributed by atoms with Crippen LogP contribution in [0.2, 0.25) is 0 Å². The number of nitrogens with zero attached hydrogens (tertiary/aromatic N) is 1. The molecule has 0 fully saturated rings. The number of para-hydroxylation sites is 1. The topological polar surface area (TPSA) is 47.7 Å². The van der Waals surface area contributed by atoms with Crippen LogP contribution in [-0.4, -0.2) is 43.9 Å². The molecule has 2 atom stereocenters. The van der Waals surface area contributed by atoms with Crippen molar-refractivity contribution in [2.45, 2.75) is 44.8 Å². The predicted molar refractivity (Wildman–Crippen MR) is 85.6 cm³/mol. The number of hydrogen-bond donors (Lipinski definition) is 1. The zero-order valence-electron chi connectivity index (χ0n) is 13.4. The molecule has 1 aliphatic rings. The number of nitrogens with two attached hydrogens (primary N) is 1. The molecule has 21 heavy (non-hydrogen) atoms. The van der Waals surface area contributed by atoms with Gasteiger partial charge in [0.05, 0.1) is 18.7 Å². The third kappa shape index (κ3) is 3.57. The van der Waals surface area contributed by atoms with E-state index in [0.29, 0.717) is 12.6 Å². The Morgan fingerprint density at radius 1 is 1.33 bits per heavy atom. The third-order valence-corrected chi connectivity index (χ3v) is 4.49. The van der Waals surface area contributed by atoms with Crippen LogP contribution in [0, 0.1) is 0 Å². The number of benzene rings is 1. The molecule has 0 spiro atoms. The maximum Gasteiger partial charge on any atom is 0.124 e. The minimum Gasteiger partial charge on any atom is -0.492 e. The lowest BCUT2D eigenvalue weighted by atomic mass is 9.94. The molecule has 118 valence electrons. The molecule has 4 nitrogen and oxygen atoms in total. The van der Waals surface area contributed by atoms with E-state index in [-0.39, 0.29) is 12.1 Å². The van der Waals surface area contributed by atoms with E-state index >= 15 is 0 Å². The summed E-state index contributed by atoms with van der Waals surface area (Å²) >= 11 is 0. The zero-order valence-corrected chi connectivity index (χ0v) is 13.4. The van der Waals surface area contributed by atoms with Crippen LogP contribution in [0.15, 0.2) is 24.3 Å². The molecule has 2 unspecified atom stereocenters. The number of rotatable bonds is 7. The first-order chi connectivity index (χ1) is 10.2. The standard InChI is InChI=1S/C17H28N2O2/c1-4-13(5-2)19(10-11-20-3)15-12-21-16-9-7-6-8-14(16)17(15)18/h6-9,13,15,17H,4-5,10-12,18H2,1-3H3. The lowest BCUT2D eigenvalue weighted by Gasteiger charge is -2.42. The van der Waals surface area contributed by atoms with Crippen molar-refractivity contribution in [3.05, 3.63) is 29.8 Å². The highest BCUT2D eigenvalue weighted by Crippen LogP contribution is 2.33. The van der Waals surface area contributed by atoms with Crippen LogP contribution in [0.1, 0.15) is 38.3 Å². The highest BCUT2D eigenvalue weighted by Gasteiger charge is 2.34. The van der Waals surface area contributed by atoms with Crippen molar-refractivity contribution in [1.82, 2.24) is 4.90 Å². The SMILES string of the molecule is CCC(CC)N(CCOC)C1COc2ccccc2C1N. The summed E-state index contributed by atoms with van der Waals surface area (Å²) in [7, 11) is 1.75. The lowest BCUT2D eigenvalue weighted by molar-refractivity contribution is 0.0354. The van der Waals surface area contributed by atoms with E-state index in [1.165, 1.54) is 0 Å². The Morgan fingerprint density at radius 2 is 2.05 bits per heavy atom. The van der Waals surface area contributed by atoms with Crippen molar-refractivity contribution < 1.29 is 9.47 Å². The second kappa shape index (κ2) is 7.78. The molecule has 1 aromatic carbocycles. The van der Waals surface area contributed by atoms with Crippen LogP contribution in [-0.2, 0) is 4.74 Å². The summed E-state index contributed by atoms with van der Waals surface area (Å²) in [5.41, 5.74) is 7.66. The first-order valence-electron chi connectivity index (χ1n) is 7.94. The fourth-order valence-electron chi connectivity index (χ4n) is 3.25. The first kappa shape index (κ1) is 16.3. The molecule has 0 amide bonds. The van der Waals surface area contributed by atoms with Crippen LogP contribution in [0.3, 0.4) is 0 Å². The molecular weight excluding hydrogens is 264 g/mol. The highest BCUT2D eigenvalue weighted by atomic mass is 16.5. The second-order valence-electron chi connectivity index (χ2n) is 5.64. The summed E-state index contributed by atoms with van der Waals surface area (Å²) in [4.78, 5) is 2.48. The third-order valence-electron chi connectivity index (χ3n) is 4.49. The van der Waals surface area contributed by atoms with Gasteiger partial charge < -0.3 is 15.2 Å². The molecule has 0 radical (unpaired) electrons. The minimum atomic E-state index is -0.00703. The lowest BCUT2D eigenvalue weighted by Crippen LogP contribution is -2.53. The largest absolute Gasteiger partial charge is 0.492 e. The molecule has 0 aromatic heterocycles. The highest BCUT2D eigenvalue weighted by molar-refractivity contribution is 5.38. The fourth-order valence-corrected chi connectivity index (χ4v) is 3.25. The van der Waals surface area contributed by atoms with Gasteiger partial charge in [-0.25, -0.2) is 0 Å². The average molecular weight is 292 g/mol. The summed E-state index contributed by atoms with van der Waals surface area (Å²) in [6, 6.07) is 8.82. The van der Waals surface area contributed by atoms with Gasteiger partial charge in [-0.3, -0.25) is 4.90 Å². The quantitative estimate of drug-likeness (QED) is 0.839. The number of methoxy groups -OCH3 is 1. The smallest absolute Gasteiger partial charge is 0.124 e. The number of ether oxygens (including phenoxy) is 2. The van der Waals surface area contributed by atoms with E-state index in [0.717, 1.165) is 37.3 Å². The van der Waals surface area contributed by atoms with Gasteiger partial charge in [0.1, 0.15) is 12.4 Å². The molecule has 2 N–H and O–H groups in total. The Labute approximate surface area is 128 Å². The molecule has 0 aliphatic carbocycles. The summed E-state index contributed by atoms with van der Waals surface area (Å²) < 4.78 is 11.2. The predicted octanol–water partition coefficient (Wildman–Crippen LogP) is 2.58. The summed E-state index contributed by atoms with van der Waals surface area (Å²) in [6.07, 6.45) is 2.23. The minimum absolute atomic E-state index is 0.00703. The van der Waals surface area contributed by atoms with Gasteiger partial charge in [-0.15, -0.1) is 0 Å². The van der Waals surface area contributed by atoms with E-state index < -0.39 is 0 Å². The van der Waals surface area contributed by atoms with Crippen molar-refractivity contribution >= 4 is 0 Å². The number of hydrogen-bond acceptors (Lipinski definition) is 4. The molecule has 2 rings (SSSR count). The Morgan fingerprint density at radius 3 is 2.71 bits per heavy atom. The summed E-state index contributed by atoms with van der Waals surface area (Å²) in [6.45, 7) is 6.74. The van der Waals surface area contributed by atoms with Crippen molar-refractivity contribution in [2.24, 2.45) is 5.73 Å². The fraction of sp³-hybridized carbons (Fsp3) is 0.647. The summed E-state index contributed by atoms with van der Waals surface area (Å²) in [5, 5.41) is 0. The molecule has 1 heterocycles. The van der Waals surface area contributed by atoms with Gasteiger partial charge in [-0.05, 0) is 18.9 Å². The number of fused-ring (bicyclic) bond motifs is 1. The molecule has 0 saturated heterocycles. The summed E-state index contributed by atoms with van der Waals surface area (Å²) in [5.74, 6) is 0.928. The van der Waals surface area contributed by atoms with Crippen molar-refractivity contribution in [3.63, 3.8) is 0 Å². The Kier molecular flexibility index (Phi) is 6.03. The van der Waals surface area contributed by atoms with Gasteiger partial charge in [0.25, 0.3) is 0 Å². The van der Waals surface area contributed by atoms with E-state index in [1.807, 2.05) is 18.2 Å². The van der Waals surface area contributed by atoms with Crippen molar-refractivity contribution in [1.29, 1.82) is 0 Å². The molecule has 0 saturated carbocycles. The molecule has 1 aromatic rings. The molecule has 0 bridgehead atoms. The van der Waals surface area contributed by atoms with Crippen LogP contribution >= 0.6 is 0 Å². The Balaban J connectivity index is 2.20. The van der Waals surface area contributed by atoms with Gasteiger partial charge in [0.2, 0.25) is 0 Å². The molecule has 1 aliphatic heterocycles. The van der Waals surface area contributed by atoms with Gasteiger partial charge in [0.15, 0.2) is 0 Å². The van der Waals surface area contributed by atoms with Crippen molar-refractivity contribution in [3.8, 4) is 5.75 Å². The van der Waals surface area contributed by atoms with Crippen LogP contribution in [0.5, 0.6) is 5.75 Å². The van der Waals surface area contributed by atoms with Crippen molar-refractivity contribution in [2.75, 3.05) is 26.9 Å². The normalized spacial score (nSPS) is 21.4. The van der Waals surface area contributed by atoms with Gasteiger partial charge in [-0.1, -0.05) is 32.0 Å². The first-order valence-corrected chi connectivity index (χ1v) is 7.94. The maximum absolute atomic E-state index is 6.55. The Hall–Kier alpha value is -1.10. The van der Waals surface area contributed by atoms with Gasteiger partial charge in [0, 0.05) is 25.3 Å². The van der Waals surface area contributed by atoms with Crippen LogP contribution < -0.4 is 10.5 Å². The van der Waals surface area contributed by atoms with E-state index in [2.05, 4.69) is 24.8 Å². The van der Waals surface area contributed by atoms with Crippen LogP contribution in [0.25, 0.3) is 0 Å². The van der Waals surface area contributed by atoms with E-state index in [4.69, 9.17) is 15.2 Å². The average Bonchev–Trinajstić information content (AvgIpc) is 2.53. The van der Waals surface area contributed by atoms with Crippen LogP contribution in [0.4, 0.5) is 0 Å². The Bertz CT molecular complexity index is 435. The zero-order chi connectivity index (χ0) is 15.2.